The first-order valence-electron chi connectivity index (χ1n) is 7.97. The fraction of sp³-hybridized carbons (Fsp3) is 0.471. The number of fused-ring (bicyclic) bond motifs is 1. The van der Waals surface area contributed by atoms with Crippen molar-refractivity contribution in [3.8, 4) is 5.88 Å². The van der Waals surface area contributed by atoms with Crippen LogP contribution in [-0.4, -0.2) is 40.0 Å². The number of hydrogen-bond donors (Lipinski definition) is 1. The second-order valence-corrected chi connectivity index (χ2v) is 6.85. The highest BCUT2D eigenvalue weighted by Crippen LogP contribution is 2.34. The van der Waals surface area contributed by atoms with Crippen LogP contribution in [0.4, 0.5) is 0 Å². The lowest BCUT2D eigenvalue weighted by Gasteiger charge is -2.38. The van der Waals surface area contributed by atoms with Crippen molar-refractivity contribution in [1.82, 2.24) is 14.9 Å². The Bertz CT molecular complexity index is 787. The minimum Gasteiger partial charge on any atom is -0.470 e. The lowest BCUT2D eigenvalue weighted by Crippen LogP contribution is -2.55. The van der Waals surface area contributed by atoms with Crippen molar-refractivity contribution in [3.63, 3.8) is 0 Å². The van der Waals surface area contributed by atoms with E-state index < -0.39 is 5.54 Å². The van der Waals surface area contributed by atoms with E-state index in [2.05, 4.69) is 9.97 Å². The summed E-state index contributed by atoms with van der Waals surface area (Å²) in [4.78, 5) is 21.6. The number of hydrogen-bond acceptors (Lipinski definition) is 5. The Balaban J connectivity index is 1.96. The molecule has 24 heavy (non-hydrogen) atoms. The quantitative estimate of drug-likeness (QED) is 0.858. The molecule has 2 N–H and O–H groups in total. The number of halogens is 1. The first-order chi connectivity index (χ1) is 11.3. The molecule has 0 radical (unpaired) electrons. The van der Waals surface area contributed by atoms with Crippen LogP contribution in [-0.2, 0) is 10.3 Å². The van der Waals surface area contributed by atoms with E-state index in [0.29, 0.717) is 24.1 Å². The van der Waals surface area contributed by atoms with E-state index >= 15 is 0 Å². The molecule has 2 aromatic rings. The summed E-state index contributed by atoms with van der Waals surface area (Å²) in [5, 5.41) is 2.08. The number of rotatable bonds is 4. The smallest absolute Gasteiger partial charge is 0.223 e. The van der Waals surface area contributed by atoms with Crippen molar-refractivity contribution >= 4 is 28.3 Å². The number of aromatic nitrogens is 2. The van der Waals surface area contributed by atoms with E-state index in [4.69, 9.17) is 22.1 Å². The molecular formula is C17H21ClN4O2. The Morgan fingerprint density at radius 3 is 2.75 bits per heavy atom. The third-order valence-corrected chi connectivity index (χ3v) is 4.83. The van der Waals surface area contributed by atoms with Gasteiger partial charge in [-0.3, -0.25) is 4.79 Å². The van der Waals surface area contributed by atoms with Crippen LogP contribution in [0, 0.1) is 0 Å². The average molecular weight is 349 g/mol. The van der Waals surface area contributed by atoms with E-state index in [1.807, 2.05) is 13.8 Å². The standard InChI is InChI=1S/C17H21ClN4O2/c1-4-17(3,19)14-7-21-16(13-6-20-15(18)5-12(13)14)24-11-8-22(9-11)10(2)23/h5-7,11H,4,8-9,19H2,1-3H3/t17-/m1/s1. The zero-order valence-corrected chi connectivity index (χ0v) is 14.8. The van der Waals surface area contributed by atoms with Crippen LogP contribution in [0.15, 0.2) is 18.5 Å². The van der Waals surface area contributed by atoms with Gasteiger partial charge in [-0.1, -0.05) is 18.5 Å². The SMILES string of the molecule is CC[C@@](C)(N)c1cnc(OC2CN(C(C)=O)C2)c2cnc(Cl)cc12. The number of carbonyl (C=O) groups excluding carboxylic acids is 1. The minimum absolute atomic E-state index is 0.0540. The minimum atomic E-state index is -0.517. The summed E-state index contributed by atoms with van der Waals surface area (Å²) in [5.74, 6) is 0.552. The van der Waals surface area contributed by atoms with Crippen LogP contribution >= 0.6 is 11.6 Å². The van der Waals surface area contributed by atoms with Crippen molar-refractivity contribution in [2.75, 3.05) is 13.1 Å². The lowest BCUT2D eigenvalue weighted by atomic mass is 9.89. The van der Waals surface area contributed by atoms with Crippen molar-refractivity contribution in [2.24, 2.45) is 5.73 Å². The number of nitrogens with two attached hydrogens (primary N) is 1. The van der Waals surface area contributed by atoms with Crippen LogP contribution in [0.1, 0.15) is 32.8 Å². The normalized spacial score (nSPS) is 17.5. The van der Waals surface area contributed by atoms with Gasteiger partial charge in [-0.15, -0.1) is 0 Å². The first-order valence-corrected chi connectivity index (χ1v) is 8.35. The van der Waals surface area contributed by atoms with Crippen LogP contribution in [0.2, 0.25) is 5.15 Å². The van der Waals surface area contributed by atoms with Gasteiger partial charge in [0.05, 0.1) is 18.5 Å². The molecule has 6 nitrogen and oxygen atoms in total. The largest absolute Gasteiger partial charge is 0.470 e. The first kappa shape index (κ1) is 16.9. The lowest BCUT2D eigenvalue weighted by molar-refractivity contribution is -0.137. The molecule has 7 heteroatoms. The monoisotopic (exact) mass is 348 g/mol. The van der Waals surface area contributed by atoms with Gasteiger partial charge in [-0.05, 0) is 30.4 Å². The molecule has 1 saturated heterocycles. The van der Waals surface area contributed by atoms with Crippen LogP contribution < -0.4 is 10.5 Å². The van der Waals surface area contributed by atoms with Crippen molar-refractivity contribution in [1.29, 1.82) is 0 Å². The van der Waals surface area contributed by atoms with Gasteiger partial charge in [-0.2, -0.15) is 0 Å². The Hall–Kier alpha value is -1.92. The van der Waals surface area contributed by atoms with Gasteiger partial charge < -0.3 is 15.4 Å². The summed E-state index contributed by atoms with van der Waals surface area (Å²) in [6.07, 6.45) is 4.12. The molecule has 1 amide bonds. The molecule has 1 aliphatic heterocycles. The Labute approximate surface area is 146 Å². The zero-order valence-electron chi connectivity index (χ0n) is 14.0. The van der Waals surface area contributed by atoms with Crippen molar-refractivity contribution in [3.05, 3.63) is 29.2 Å². The molecule has 3 heterocycles. The molecule has 1 fully saturated rings. The van der Waals surface area contributed by atoms with Crippen LogP contribution in [0.5, 0.6) is 5.88 Å². The molecular weight excluding hydrogens is 328 g/mol. The fourth-order valence-corrected chi connectivity index (χ4v) is 2.91. The predicted molar refractivity (Wildman–Crippen MR) is 93.0 cm³/mol. The van der Waals surface area contributed by atoms with Gasteiger partial charge in [0.1, 0.15) is 11.3 Å². The Morgan fingerprint density at radius 2 is 2.12 bits per heavy atom. The molecule has 0 aliphatic carbocycles. The molecule has 0 bridgehead atoms. The van der Waals surface area contributed by atoms with E-state index in [0.717, 1.165) is 22.8 Å². The van der Waals surface area contributed by atoms with E-state index in [1.165, 1.54) is 0 Å². The van der Waals surface area contributed by atoms with Gasteiger partial charge in [0, 0.05) is 24.9 Å². The summed E-state index contributed by atoms with van der Waals surface area (Å²) in [5.41, 5.74) is 6.80. The van der Waals surface area contributed by atoms with Gasteiger partial charge in [0.2, 0.25) is 11.8 Å². The maximum absolute atomic E-state index is 11.3. The molecule has 1 aliphatic rings. The van der Waals surface area contributed by atoms with Crippen molar-refractivity contribution < 1.29 is 9.53 Å². The molecule has 0 aromatic carbocycles. The van der Waals surface area contributed by atoms with Crippen LogP contribution in [0.25, 0.3) is 10.8 Å². The maximum atomic E-state index is 11.3. The predicted octanol–water partition coefficient (Wildman–Crippen LogP) is 2.48. The Kier molecular flexibility index (Phi) is 4.36. The summed E-state index contributed by atoms with van der Waals surface area (Å²) in [7, 11) is 0. The number of likely N-dealkylation sites (tertiary alicyclic amines) is 1. The maximum Gasteiger partial charge on any atom is 0.223 e. The Morgan fingerprint density at radius 1 is 1.42 bits per heavy atom. The average Bonchev–Trinajstić information content (AvgIpc) is 2.49. The molecule has 0 spiro atoms. The highest BCUT2D eigenvalue weighted by Gasteiger charge is 2.31. The number of pyridine rings is 2. The second kappa shape index (κ2) is 6.18. The highest BCUT2D eigenvalue weighted by molar-refractivity contribution is 6.30. The molecule has 2 aromatic heterocycles. The summed E-state index contributed by atoms with van der Waals surface area (Å²) in [6.45, 7) is 6.70. The van der Waals surface area contributed by atoms with Gasteiger partial charge in [0.25, 0.3) is 0 Å². The van der Waals surface area contributed by atoms with E-state index in [-0.39, 0.29) is 12.0 Å². The fourth-order valence-electron chi connectivity index (χ4n) is 2.75. The van der Waals surface area contributed by atoms with E-state index in [1.54, 1.807) is 30.3 Å². The number of amides is 1. The van der Waals surface area contributed by atoms with Gasteiger partial charge in [-0.25, -0.2) is 9.97 Å². The number of carbonyl (C=O) groups is 1. The molecule has 1 atom stereocenters. The third-order valence-electron chi connectivity index (χ3n) is 4.62. The molecule has 0 saturated carbocycles. The summed E-state index contributed by atoms with van der Waals surface area (Å²) in [6, 6.07) is 1.80. The van der Waals surface area contributed by atoms with Crippen molar-refractivity contribution in [2.45, 2.75) is 38.8 Å². The second-order valence-electron chi connectivity index (χ2n) is 6.46. The van der Waals surface area contributed by atoms with E-state index in [9.17, 15) is 4.79 Å². The highest BCUT2D eigenvalue weighted by atomic mass is 35.5. The number of nitrogens with zero attached hydrogens (tertiary/aromatic N) is 3. The topological polar surface area (TPSA) is 81.3 Å². The van der Waals surface area contributed by atoms with Gasteiger partial charge in [0.15, 0.2) is 0 Å². The molecule has 128 valence electrons. The zero-order chi connectivity index (χ0) is 17.5. The summed E-state index contributed by atoms with van der Waals surface area (Å²) >= 11 is 6.08. The number of ether oxygens (including phenoxy) is 1. The van der Waals surface area contributed by atoms with Crippen LogP contribution in [0.3, 0.4) is 0 Å². The third kappa shape index (κ3) is 3.03. The van der Waals surface area contributed by atoms with Gasteiger partial charge >= 0.3 is 0 Å². The molecule has 3 rings (SSSR count). The summed E-state index contributed by atoms with van der Waals surface area (Å²) < 4.78 is 5.96. The molecule has 0 unspecified atom stereocenters.